The Morgan fingerprint density at radius 2 is 2.17 bits per heavy atom. The summed E-state index contributed by atoms with van der Waals surface area (Å²) in [6, 6.07) is 7.98. The van der Waals surface area contributed by atoms with Crippen LogP contribution in [0, 0.1) is 5.92 Å². The molecular weight excluding hydrogens is 226 g/mol. The molecule has 1 unspecified atom stereocenters. The van der Waals surface area contributed by atoms with E-state index in [0.717, 1.165) is 29.7 Å². The number of fused-ring (bicyclic) bond motifs is 1. The minimum atomic E-state index is 0.432. The van der Waals surface area contributed by atoms with E-state index in [1.807, 2.05) is 24.3 Å². The zero-order chi connectivity index (χ0) is 13.0. The van der Waals surface area contributed by atoms with Gasteiger partial charge in [-0.25, -0.2) is 0 Å². The van der Waals surface area contributed by atoms with Crippen molar-refractivity contribution in [3.63, 3.8) is 0 Å². The van der Waals surface area contributed by atoms with Crippen LogP contribution in [0.4, 0.5) is 11.4 Å². The van der Waals surface area contributed by atoms with Crippen LogP contribution in [-0.4, -0.2) is 25.2 Å². The van der Waals surface area contributed by atoms with Crippen LogP contribution in [0.3, 0.4) is 0 Å². The summed E-state index contributed by atoms with van der Waals surface area (Å²) < 4.78 is 5.13. The second-order valence-electron chi connectivity index (χ2n) is 4.55. The second-order valence-corrected chi connectivity index (χ2v) is 4.55. The largest absolute Gasteiger partial charge is 0.396 e. The first-order valence-electron chi connectivity index (χ1n) is 6.08. The molecule has 2 rings (SSSR count). The van der Waals surface area contributed by atoms with Crippen molar-refractivity contribution in [1.29, 1.82) is 0 Å². The highest BCUT2D eigenvalue weighted by atomic mass is 16.5. The predicted molar refractivity (Wildman–Crippen MR) is 75.7 cm³/mol. The van der Waals surface area contributed by atoms with Crippen LogP contribution >= 0.6 is 0 Å². The number of nitrogens with zero attached hydrogens (tertiary/aromatic N) is 1. The average Bonchev–Trinajstić information content (AvgIpc) is 2.38. The number of rotatable bonds is 5. The first-order valence-corrected chi connectivity index (χ1v) is 6.08. The van der Waals surface area contributed by atoms with Crippen LogP contribution in [0.2, 0.25) is 0 Å². The molecule has 1 aromatic heterocycles. The molecule has 0 aliphatic heterocycles. The maximum absolute atomic E-state index is 5.99. The van der Waals surface area contributed by atoms with E-state index in [-0.39, 0.29) is 0 Å². The van der Waals surface area contributed by atoms with Crippen molar-refractivity contribution in [3.8, 4) is 0 Å². The van der Waals surface area contributed by atoms with Gasteiger partial charge in [-0.2, -0.15) is 0 Å². The van der Waals surface area contributed by atoms with E-state index in [2.05, 4.69) is 17.2 Å². The SMILES string of the molecule is COCC(C)CNc1c(N)cnc2ccccc12. The highest BCUT2D eigenvalue weighted by Crippen LogP contribution is 2.27. The molecule has 1 aromatic carbocycles. The van der Waals surface area contributed by atoms with Gasteiger partial charge in [0.15, 0.2) is 0 Å². The maximum atomic E-state index is 5.99. The number of pyridine rings is 1. The number of ether oxygens (including phenoxy) is 1. The van der Waals surface area contributed by atoms with Crippen LogP contribution < -0.4 is 11.1 Å². The highest BCUT2D eigenvalue weighted by Gasteiger charge is 2.07. The van der Waals surface area contributed by atoms with Gasteiger partial charge in [-0.3, -0.25) is 4.98 Å². The number of anilines is 2. The highest BCUT2D eigenvalue weighted by molar-refractivity contribution is 5.96. The monoisotopic (exact) mass is 245 g/mol. The molecule has 0 bridgehead atoms. The van der Waals surface area contributed by atoms with Gasteiger partial charge in [0, 0.05) is 19.0 Å². The Kier molecular flexibility index (Phi) is 3.99. The lowest BCUT2D eigenvalue weighted by Gasteiger charge is -2.15. The summed E-state index contributed by atoms with van der Waals surface area (Å²) in [4.78, 5) is 4.32. The summed E-state index contributed by atoms with van der Waals surface area (Å²) in [5.41, 5.74) is 8.58. The predicted octanol–water partition coefficient (Wildman–Crippen LogP) is 2.51. The Morgan fingerprint density at radius 3 is 2.94 bits per heavy atom. The number of methoxy groups -OCH3 is 1. The van der Waals surface area contributed by atoms with Gasteiger partial charge in [0.05, 0.1) is 29.7 Å². The van der Waals surface area contributed by atoms with Crippen molar-refractivity contribution in [2.75, 3.05) is 31.3 Å². The second kappa shape index (κ2) is 5.69. The van der Waals surface area contributed by atoms with Crippen molar-refractivity contribution in [2.45, 2.75) is 6.92 Å². The summed E-state index contributed by atoms with van der Waals surface area (Å²) in [5.74, 6) is 0.432. The third kappa shape index (κ3) is 2.71. The van der Waals surface area contributed by atoms with Crippen LogP contribution in [0.15, 0.2) is 30.5 Å². The Labute approximate surface area is 107 Å². The van der Waals surface area contributed by atoms with Crippen molar-refractivity contribution < 1.29 is 4.74 Å². The zero-order valence-electron chi connectivity index (χ0n) is 10.8. The topological polar surface area (TPSA) is 60.2 Å². The third-order valence-corrected chi connectivity index (χ3v) is 2.88. The Morgan fingerprint density at radius 1 is 1.39 bits per heavy atom. The number of hydrogen-bond donors (Lipinski definition) is 2. The maximum Gasteiger partial charge on any atom is 0.0743 e. The number of nitrogens with two attached hydrogens (primary N) is 1. The molecule has 0 fully saturated rings. The van der Waals surface area contributed by atoms with E-state index in [9.17, 15) is 0 Å². The third-order valence-electron chi connectivity index (χ3n) is 2.88. The summed E-state index contributed by atoms with van der Waals surface area (Å²) in [7, 11) is 1.71. The van der Waals surface area contributed by atoms with Crippen molar-refractivity contribution >= 4 is 22.3 Å². The lowest BCUT2D eigenvalue weighted by atomic mass is 10.1. The van der Waals surface area contributed by atoms with Gasteiger partial charge in [-0.15, -0.1) is 0 Å². The van der Waals surface area contributed by atoms with Crippen LogP contribution in [0.25, 0.3) is 10.9 Å². The average molecular weight is 245 g/mol. The first kappa shape index (κ1) is 12.6. The van der Waals surface area contributed by atoms with Crippen LogP contribution in [0.5, 0.6) is 0 Å². The molecule has 18 heavy (non-hydrogen) atoms. The first-order chi connectivity index (χ1) is 8.72. The number of benzene rings is 1. The Balaban J connectivity index is 2.23. The van der Waals surface area contributed by atoms with E-state index >= 15 is 0 Å². The lowest BCUT2D eigenvalue weighted by Crippen LogP contribution is -2.16. The Hall–Kier alpha value is -1.81. The molecule has 3 N–H and O–H groups in total. The number of hydrogen-bond acceptors (Lipinski definition) is 4. The van der Waals surface area contributed by atoms with Crippen molar-refractivity contribution in [3.05, 3.63) is 30.5 Å². The van der Waals surface area contributed by atoms with Gasteiger partial charge in [-0.1, -0.05) is 25.1 Å². The van der Waals surface area contributed by atoms with E-state index in [1.54, 1.807) is 13.3 Å². The minimum absolute atomic E-state index is 0.432. The van der Waals surface area contributed by atoms with Gasteiger partial charge in [0.2, 0.25) is 0 Å². The van der Waals surface area contributed by atoms with E-state index in [1.165, 1.54) is 0 Å². The van der Waals surface area contributed by atoms with Crippen LogP contribution in [-0.2, 0) is 4.74 Å². The standard InChI is InChI=1S/C14H19N3O/c1-10(9-18-2)7-17-14-11-5-3-4-6-13(11)16-8-12(14)15/h3-6,8,10H,7,9,15H2,1-2H3,(H,16,17). The van der Waals surface area contributed by atoms with Gasteiger partial charge < -0.3 is 15.8 Å². The quantitative estimate of drug-likeness (QED) is 0.849. The smallest absolute Gasteiger partial charge is 0.0743 e. The van der Waals surface area contributed by atoms with Crippen molar-refractivity contribution in [2.24, 2.45) is 5.92 Å². The number of nitrogen functional groups attached to an aromatic ring is 1. The van der Waals surface area contributed by atoms with E-state index in [0.29, 0.717) is 11.6 Å². The molecule has 2 aromatic rings. The molecule has 4 nitrogen and oxygen atoms in total. The Bertz CT molecular complexity index is 527. The fraction of sp³-hybridized carbons (Fsp3) is 0.357. The van der Waals surface area contributed by atoms with E-state index < -0.39 is 0 Å². The summed E-state index contributed by atoms with van der Waals surface area (Å²) in [5, 5.41) is 4.45. The molecule has 0 saturated heterocycles. The molecule has 1 atom stereocenters. The van der Waals surface area contributed by atoms with E-state index in [4.69, 9.17) is 10.5 Å². The summed E-state index contributed by atoms with van der Waals surface area (Å²) >= 11 is 0. The zero-order valence-corrected chi connectivity index (χ0v) is 10.8. The molecule has 96 valence electrons. The molecule has 0 spiro atoms. The fourth-order valence-corrected chi connectivity index (χ4v) is 1.97. The molecular formula is C14H19N3O. The minimum Gasteiger partial charge on any atom is -0.396 e. The number of aromatic nitrogens is 1. The molecule has 0 aliphatic carbocycles. The molecule has 0 amide bonds. The molecule has 0 saturated carbocycles. The molecule has 1 heterocycles. The summed E-state index contributed by atoms with van der Waals surface area (Å²) in [6.07, 6.45) is 1.70. The molecule has 4 heteroatoms. The lowest BCUT2D eigenvalue weighted by molar-refractivity contribution is 0.164. The normalized spacial score (nSPS) is 12.6. The van der Waals surface area contributed by atoms with Gasteiger partial charge in [0.25, 0.3) is 0 Å². The van der Waals surface area contributed by atoms with Crippen molar-refractivity contribution in [1.82, 2.24) is 4.98 Å². The van der Waals surface area contributed by atoms with Gasteiger partial charge >= 0.3 is 0 Å². The fourth-order valence-electron chi connectivity index (χ4n) is 1.97. The number of para-hydroxylation sites is 1. The van der Waals surface area contributed by atoms with Crippen LogP contribution in [0.1, 0.15) is 6.92 Å². The molecule has 0 aliphatic rings. The number of nitrogens with one attached hydrogen (secondary N) is 1. The molecule has 0 radical (unpaired) electrons. The van der Waals surface area contributed by atoms with Gasteiger partial charge in [0.1, 0.15) is 0 Å². The summed E-state index contributed by atoms with van der Waals surface area (Å²) in [6.45, 7) is 3.69. The van der Waals surface area contributed by atoms with Gasteiger partial charge in [-0.05, 0) is 12.0 Å².